The molecule has 0 spiro atoms. The molecule has 1 unspecified atom stereocenters. The van der Waals surface area contributed by atoms with Gasteiger partial charge in [0.25, 0.3) is 0 Å². The highest BCUT2D eigenvalue weighted by Crippen LogP contribution is 2.25. The smallest absolute Gasteiger partial charge is 0.230 e. The molecule has 20 heavy (non-hydrogen) atoms. The fraction of sp³-hybridized carbons (Fsp3) is 0.562. The van der Waals surface area contributed by atoms with Crippen LogP contribution in [-0.2, 0) is 4.79 Å². The van der Waals surface area contributed by atoms with Crippen LogP contribution < -0.4 is 11.1 Å². The predicted molar refractivity (Wildman–Crippen MR) is 88.0 cm³/mol. The van der Waals surface area contributed by atoms with Crippen LogP contribution in [0.1, 0.15) is 39.2 Å². The number of carbonyl (C=O) groups excluding carboxylic acids is 1. The van der Waals surface area contributed by atoms with Crippen molar-refractivity contribution < 1.29 is 4.79 Å². The molecule has 0 aliphatic rings. The molecular formula is C16H26N2OS. The van der Waals surface area contributed by atoms with Gasteiger partial charge < -0.3 is 11.1 Å². The van der Waals surface area contributed by atoms with Crippen molar-refractivity contribution >= 4 is 23.4 Å². The van der Waals surface area contributed by atoms with Gasteiger partial charge in [-0.3, -0.25) is 4.79 Å². The molecule has 0 radical (unpaired) electrons. The van der Waals surface area contributed by atoms with Crippen LogP contribution in [0.3, 0.4) is 0 Å². The third-order valence-corrected chi connectivity index (χ3v) is 4.43. The number of benzene rings is 1. The third kappa shape index (κ3) is 5.87. The highest BCUT2D eigenvalue weighted by atomic mass is 32.2. The first-order valence-electron chi connectivity index (χ1n) is 7.17. The molecule has 1 aromatic carbocycles. The quantitative estimate of drug-likeness (QED) is 0.596. The number of nitrogens with two attached hydrogens (primary N) is 1. The second-order valence-electron chi connectivity index (χ2n) is 5.70. The first kappa shape index (κ1) is 16.9. The van der Waals surface area contributed by atoms with Crippen LogP contribution >= 0.6 is 11.8 Å². The molecule has 0 aliphatic heterocycles. The molecule has 0 heterocycles. The van der Waals surface area contributed by atoms with E-state index in [1.807, 2.05) is 25.1 Å². The lowest BCUT2D eigenvalue weighted by molar-refractivity contribution is -0.119. The van der Waals surface area contributed by atoms with Crippen molar-refractivity contribution in [2.45, 2.75) is 51.5 Å². The standard InChI is InChI=1S/C16H26N2OS/c1-11(2)8-9-12(3)18-16(19)10-20-15-7-5-6-14(17)13(15)4/h5-7,11-12H,8-10,17H2,1-4H3,(H,18,19). The Hall–Kier alpha value is -1.16. The summed E-state index contributed by atoms with van der Waals surface area (Å²) in [6.07, 6.45) is 2.17. The van der Waals surface area contributed by atoms with Crippen LogP contribution in [0.5, 0.6) is 0 Å². The van der Waals surface area contributed by atoms with E-state index in [1.54, 1.807) is 11.8 Å². The molecule has 1 atom stereocenters. The third-order valence-electron chi connectivity index (χ3n) is 3.27. The molecule has 0 fully saturated rings. The van der Waals surface area contributed by atoms with Crippen molar-refractivity contribution in [3.8, 4) is 0 Å². The van der Waals surface area contributed by atoms with E-state index >= 15 is 0 Å². The summed E-state index contributed by atoms with van der Waals surface area (Å²) in [6, 6.07) is 6.06. The molecule has 1 rings (SSSR count). The van der Waals surface area contributed by atoms with Gasteiger partial charge in [-0.15, -0.1) is 11.8 Å². The average Bonchev–Trinajstić information content (AvgIpc) is 2.38. The highest BCUT2D eigenvalue weighted by Gasteiger charge is 2.10. The van der Waals surface area contributed by atoms with E-state index in [0.29, 0.717) is 11.7 Å². The number of hydrogen-bond acceptors (Lipinski definition) is 3. The number of rotatable bonds is 7. The normalized spacial score (nSPS) is 12.4. The summed E-state index contributed by atoms with van der Waals surface area (Å²) < 4.78 is 0. The largest absolute Gasteiger partial charge is 0.398 e. The van der Waals surface area contributed by atoms with E-state index in [0.717, 1.165) is 29.0 Å². The average molecular weight is 294 g/mol. The lowest BCUT2D eigenvalue weighted by Crippen LogP contribution is -2.34. The number of nitrogen functional groups attached to an aromatic ring is 1. The summed E-state index contributed by atoms with van der Waals surface area (Å²) in [5, 5.41) is 3.05. The molecule has 0 aliphatic carbocycles. The minimum atomic E-state index is 0.0908. The Morgan fingerprint density at radius 1 is 1.30 bits per heavy atom. The van der Waals surface area contributed by atoms with Crippen molar-refractivity contribution in [1.82, 2.24) is 5.32 Å². The van der Waals surface area contributed by atoms with Gasteiger partial charge in [-0.1, -0.05) is 19.9 Å². The van der Waals surface area contributed by atoms with Crippen LogP contribution in [0.15, 0.2) is 23.1 Å². The molecule has 0 aromatic heterocycles. The fourth-order valence-corrected chi connectivity index (χ4v) is 2.78. The van der Waals surface area contributed by atoms with Crippen LogP contribution in [0, 0.1) is 12.8 Å². The van der Waals surface area contributed by atoms with Crippen molar-refractivity contribution in [2.75, 3.05) is 11.5 Å². The maximum absolute atomic E-state index is 11.9. The molecule has 112 valence electrons. The van der Waals surface area contributed by atoms with Crippen molar-refractivity contribution in [2.24, 2.45) is 5.92 Å². The molecule has 0 saturated carbocycles. The Balaban J connectivity index is 2.38. The van der Waals surface area contributed by atoms with Crippen molar-refractivity contribution in [3.05, 3.63) is 23.8 Å². The maximum atomic E-state index is 11.9. The summed E-state index contributed by atoms with van der Waals surface area (Å²) in [4.78, 5) is 13.0. The van der Waals surface area contributed by atoms with E-state index in [9.17, 15) is 4.79 Å². The van der Waals surface area contributed by atoms with Crippen LogP contribution in [-0.4, -0.2) is 17.7 Å². The Kier molecular flexibility index (Phi) is 6.93. The molecule has 1 amide bonds. The molecule has 3 nitrogen and oxygen atoms in total. The monoisotopic (exact) mass is 294 g/mol. The summed E-state index contributed by atoms with van der Waals surface area (Å²) in [5.41, 5.74) is 7.69. The lowest BCUT2D eigenvalue weighted by Gasteiger charge is -2.15. The van der Waals surface area contributed by atoms with Gasteiger partial charge in [0, 0.05) is 16.6 Å². The summed E-state index contributed by atoms with van der Waals surface area (Å²) in [7, 11) is 0. The number of amides is 1. The molecule has 0 saturated heterocycles. The van der Waals surface area contributed by atoms with Gasteiger partial charge in [0.05, 0.1) is 5.75 Å². The SMILES string of the molecule is Cc1c(N)cccc1SCC(=O)NC(C)CCC(C)C. The molecule has 1 aromatic rings. The van der Waals surface area contributed by atoms with Gasteiger partial charge in [0.2, 0.25) is 5.91 Å². The zero-order valence-corrected chi connectivity index (χ0v) is 13.7. The van der Waals surface area contributed by atoms with Crippen LogP contribution in [0.25, 0.3) is 0 Å². The Morgan fingerprint density at radius 3 is 2.65 bits per heavy atom. The Labute approximate surface area is 126 Å². The van der Waals surface area contributed by atoms with Crippen LogP contribution in [0.4, 0.5) is 5.69 Å². The van der Waals surface area contributed by atoms with E-state index in [2.05, 4.69) is 26.1 Å². The van der Waals surface area contributed by atoms with Gasteiger partial charge in [-0.05, 0) is 50.3 Å². The Morgan fingerprint density at radius 2 is 2.00 bits per heavy atom. The summed E-state index contributed by atoms with van der Waals surface area (Å²) in [5.74, 6) is 1.21. The van der Waals surface area contributed by atoms with E-state index < -0.39 is 0 Å². The molecule has 4 heteroatoms. The maximum Gasteiger partial charge on any atom is 0.230 e. The van der Waals surface area contributed by atoms with Gasteiger partial charge in [0.15, 0.2) is 0 Å². The second-order valence-corrected chi connectivity index (χ2v) is 6.72. The van der Waals surface area contributed by atoms with E-state index in [1.165, 1.54) is 0 Å². The number of nitrogens with one attached hydrogen (secondary N) is 1. The minimum Gasteiger partial charge on any atom is -0.398 e. The molecular weight excluding hydrogens is 268 g/mol. The summed E-state index contributed by atoms with van der Waals surface area (Å²) >= 11 is 1.54. The van der Waals surface area contributed by atoms with Crippen molar-refractivity contribution in [1.29, 1.82) is 0 Å². The highest BCUT2D eigenvalue weighted by molar-refractivity contribution is 8.00. The molecule has 0 bridgehead atoms. The fourth-order valence-electron chi connectivity index (χ4n) is 1.90. The topological polar surface area (TPSA) is 55.1 Å². The zero-order valence-electron chi connectivity index (χ0n) is 12.9. The first-order valence-corrected chi connectivity index (χ1v) is 8.16. The number of thioether (sulfide) groups is 1. The second kappa shape index (κ2) is 8.20. The van der Waals surface area contributed by atoms with Gasteiger partial charge in [-0.2, -0.15) is 0 Å². The number of hydrogen-bond donors (Lipinski definition) is 2. The number of anilines is 1. The van der Waals surface area contributed by atoms with Crippen LogP contribution in [0.2, 0.25) is 0 Å². The van der Waals surface area contributed by atoms with Crippen molar-refractivity contribution in [3.63, 3.8) is 0 Å². The van der Waals surface area contributed by atoms with Gasteiger partial charge in [-0.25, -0.2) is 0 Å². The lowest BCUT2D eigenvalue weighted by atomic mass is 10.0. The van der Waals surface area contributed by atoms with Gasteiger partial charge in [0.1, 0.15) is 0 Å². The minimum absolute atomic E-state index is 0.0908. The molecule has 3 N–H and O–H groups in total. The summed E-state index contributed by atoms with van der Waals surface area (Å²) in [6.45, 7) is 8.46. The zero-order chi connectivity index (χ0) is 15.1. The van der Waals surface area contributed by atoms with Gasteiger partial charge >= 0.3 is 0 Å². The number of carbonyl (C=O) groups is 1. The predicted octanol–water partition coefficient (Wildman–Crippen LogP) is 3.61. The Bertz CT molecular complexity index is 446. The van der Waals surface area contributed by atoms with E-state index in [-0.39, 0.29) is 11.9 Å². The first-order chi connectivity index (χ1) is 9.40. The van der Waals surface area contributed by atoms with E-state index in [4.69, 9.17) is 5.73 Å².